The fraction of sp³-hybridized carbons (Fsp3) is 0.100. The number of carbonyl (C=O) groups is 1. The van der Waals surface area contributed by atoms with Crippen molar-refractivity contribution < 1.29 is 4.79 Å². The molecule has 0 radical (unpaired) electrons. The zero-order chi connectivity index (χ0) is 19.2. The molecule has 0 spiro atoms. The molecule has 8 heteroatoms. The number of anilines is 1. The number of thiophene rings is 1. The highest BCUT2D eigenvalue weighted by Crippen LogP contribution is 2.29. The van der Waals surface area contributed by atoms with Crippen molar-refractivity contribution in [2.75, 3.05) is 5.32 Å². The lowest BCUT2D eigenvalue weighted by Crippen LogP contribution is -2.20. The van der Waals surface area contributed by atoms with E-state index in [9.17, 15) is 4.79 Å². The maximum Gasteiger partial charge on any atom is 0.248 e. The summed E-state index contributed by atoms with van der Waals surface area (Å²) in [7, 11) is 0. The van der Waals surface area contributed by atoms with E-state index >= 15 is 0 Å². The van der Waals surface area contributed by atoms with Gasteiger partial charge in [-0.1, -0.05) is 42.5 Å². The first-order chi connectivity index (χ1) is 13.8. The van der Waals surface area contributed by atoms with E-state index in [1.54, 1.807) is 23.1 Å². The zero-order valence-electron chi connectivity index (χ0n) is 14.9. The Balaban J connectivity index is 1.39. The lowest BCUT2D eigenvalue weighted by molar-refractivity contribution is -0.117. The van der Waals surface area contributed by atoms with Gasteiger partial charge in [-0.15, -0.1) is 22.0 Å². The maximum atomic E-state index is 12.5. The van der Waals surface area contributed by atoms with Crippen LogP contribution in [0.15, 0.2) is 76.3 Å². The fourth-order valence-corrected chi connectivity index (χ4v) is 4.17. The Bertz CT molecular complexity index is 1050. The number of rotatable bonds is 7. The summed E-state index contributed by atoms with van der Waals surface area (Å²) in [5, 5.41) is 19.1. The summed E-state index contributed by atoms with van der Waals surface area (Å²) in [6.45, 7) is 0.00875. The van der Waals surface area contributed by atoms with Gasteiger partial charge < -0.3 is 5.32 Å². The number of amides is 1. The van der Waals surface area contributed by atoms with Crippen LogP contribution >= 0.6 is 23.1 Å². The van der Waals surface area contributed by atoms with E-state index in [-0.39, 0.29) is 12.5 Å². The van der Waals surface area contributed by atoms with Gasteiger partial charge in [-0.2, -0.15) is 16.1 Å². The molecule has 0 atom stereocenters. The molecule has 0 unspecified atom stereocenters. The van der Waals surface area contributed by atoms with Crippen LogP contribution in [0.3, 0.4) is 0 Å². The minimum atomic E-state index is -0.193. The Morgan fingerprint density at radius 3 is 2.71 bits per heavy atom. The molecule has 0 aliphatic rings. The first-order valence-corrected chi connectivity index (χ1v) is 10.6. The van der Waals surface area contributed by atoms with Crippen LogP contribution in [0.2, 0.25) is 0 Å². The molecule has 2 heterocycles. The van der Waals surface area contributed by atoms with Crippen LogP contribution in [0.5, 0.6) is 0 Å². The smallest absolute Gasteiger partial charge is 0.248 e. The number of benzene rings is 2. The minimum absolute atomic E-state index is 0.00875. The predicted octanol–water partition coefficient (Wildman–Crippen LogP) is 4.33. The Kier molecular flexibility index (Phi) is 5.79. The molecule has 0 bridgehead atoms. The summed E-state index contributed by atoms with van der Waals surface area (Å²) < 4.78 is 0. The number of hydrogen-bond donors (Lipinski definition) is 1. The Labute approximate surface area is 170 Å². The summed E-state index contributed by atoms with van der Waals surface area (Å²) in [4.78, 5) is 14.8. The van der Waals surface area contributed by atoms with Crippen LogP contribution in [-0.2, 0) is 17.1 Å². The van der Waals surface area contributed by atoms with E-state index < -0.39 is 0 Å². The molecule has 2 aromatic heterocycles. The first kappa shape index (κ1) is 18.4. The standard InChI is InChI=1S/C20H17N5OS2/c26-19(12-25-23-20(22-24-25)16-10-11-27-14-16)21-17-8-4-5-9-18(17)28-13-15-6-2-1-3-7-15/h1-11,14H,12-13H2,(H,21,26). The molecule has 28 heavy (non-hydrogen) atoms. The minimum Gasteiger partial charge on any atom is -0.323 e. The SMILES string of the molecule is O=C(Cn1nnc(-c2ccsc2)n1)Nc1ccccc1SCc1ccccc1. The molecule has 4 aromatic rings. The number of thioether (sulfide) groups is 1. The van der Waals surface area contributed by atoms with Crippen LogP contribution in [0.4, 0.5) is 5.69 Å². The molecule has 1 amide bonds. The average Bonchev–Trinajstić information content (AvgIpc) is 3.40. The third kappa shape index (κ3) is 4.65. The van der Waals surface area contributed by atoms with Crippen molar-refractivity contribution >= 4 is 34.7 Å². The third-order valence-electron chi connectivity index (χ3n) is 3.92. The second-order valence-electron chi connectivity index (χ2n) is 5.97. The van der Waals surface area contributed by atoms with Crippen molar-refractivity contribution in [3.8, 4) is 11.4 Å². The second-order valence-corrected chi connectivity index (χ2v) is 7.77. The molecule has 0 saturated heterocycles. The van der Waals surface area contributed by atoms with Gasteiger partial charge in [0.15, 0.2) is 0 Å². The Morgan fingerprint density at radius 1 is 1.07 bits per heavy atom. The summed E-state index contributed by atoms with van der Waals surface area (Å²) >= 11 is 3.25. The highest BCUT2D eigenvalue weighted by Gasteiger charge is 2.11. The van der Waals surface area contributed by atoms with Crippen LogP contribution < -0.4 is 5.32 Å². The van der Waals surface area contributed by atoms with E-state index in [4.69, 9.17) is 0 Å². The van der Waals surface area contributed by atoms with Gasteiger partial charge in [0, 0.05) is 21.6 Å². The number of tetrazole rings is 1. The molecule has 0 fully saturated rings. The van der Waals surface area contributed by atoms with Gasteiger partial charge in [-0.05, 0) is 34.4 Å². The molecular formula is C20H17N5OS2. The molecule has 4 rings (SSSR count). The number of nitrogens with one attached hydrogen (secondary N) is 1. The van der Waals surface area contributed by atoms with E-state index in [0.29, 0.717) is 5.82 Å². The average molecular weight is 408 g/mol. The molecule has 0 saturated carbocycles. The van der Waals surface area contributed by atoms with E-state index in [0.717, 1.165) is 21.9 Å². The number of hydrogen-bond acceptors (Lipinski definition) is 6. The van der Waals surface area contributed by atoms with E-state index in [2.05, 4.69) is 32.9 Å². The molecule has 2 aromatic carbocycles. The summed E-state index contributed by atoms with van der Waals surface area (Å²) in [5.41, 5.74) is 2.92. The van der Waals surface area contributed by atoms with Crippen molar-refractivity contribution in [2.45, 2.75) is 17.2 Å². The molecule has 0 aliphatic heterocycles. The van der Waals surface area contributed by atoms with Gasteiger partial charge in [0.1, 0.15) is 6.54 Å². The second kappa shape index (κ2) is 8.81. The van der Waals surface area contributed by atoms with Crippen molar-refractivity contribution in [3.63, 3.8) is 0 Å². The molecule has 140 valence electrons. The normalized spacial score (nSPS) is 10.7. The lowest BCUT2D eigenvalue weighted by atomic mass is 10.2. The number of nitrogens with zero attached hydrogens (tertiary/aromatic N) is 4. The highest BCUT2D eigenvalue weighted by molar-refractivity contribution is 7.98. The van der Waals surface area contributed by atoms with Crippen LogP contribution in [0.25, 0.3) is 11.4 Å². The number of aromatic nitrogens is 4. The van der Waals surface area contributed by atoms with Crippen LogP contribution in [0, 0.1) is 0 Å². The quantitative estimate of drug-likeness (QED) is 0.462. The molecule has 6 nitrogen and oxygen atoms in total. The van der Waals surface area contributed by atoms with Gasteiger partial charge in [0.05, 0.1) is 5.69 Å². The Morgan fingerprint density at radius 2 is 1.89 bits per heavy atom. The third-order valence-corrected chi connectivity index (χ3v) is 5.74. The Hall–Kier alpha value is -2.97. The number of carbonyl (C=O) groups excluding carboxylic acids is 1. The van der Waals surface area contributed by atoms with Crippen molar-refractivity contribution in [1.82, 2.24) is 20.2 Å². The lowest BCUT2D eigenvalue weighted by Gasteiger charge is -2.10. The van der Waals surface area contributed by atoms with Gasteiger partial charge in [0.2, 0.25) is 11.7 Å². The topological polar surface area (TPSA) is 72.7 Å². The fourth-order valence-electron chi connectivity index (χ4n) is 2.57. The maximum absolute atomic E-state index is 12.5. The van der Waals surface area contributed by atoms with E-state index in [1.807, 2.05) is 59.3 Å². The molecule has 0 aliphatic carbocycles. The summed E-state index contributed by atoms with van der Waals surface area (Å²) in [6, 6.07) is 19.9. The van der Waals surface area contributed by atoms with Crippen molar-refractivity contribution in [3.05, 3.63) is 77.0 Å². The molecule has 1 N–H and O–H groups in total. The first-order valence-electron chi connectivity index (χ1n) is 8.64. The van der Waals surface area contributed by atoms with E-state index in [1.165, 1.54) is 10.4 Å². The van der Waals surface area contributed by atoms with Crippen LogP contribution in [0.1, 0.15) is 5.56 Å². The van der Waals surface area contributed by atoms with Crippen molar-refractivity contribution in [2.24, 2.45) is 0 Å². The summed E-state index contributed by atoms with van der Waals surface area (Å²) in [6.07, 6.45) is 0. The van der Waals surface area contributed by atoms with Gasteiger partial charge in [-0.3, -0.25) is 4.79 Å². The summed E-state index contributed by atoms with van der Waals surface area (Å²) in [5.74, 6) is 1.16. The van der Waals surface area contributed by atoms with Crippen LogP contribution in [-0.4, -0.2) is 26.1 Å². The van der Waals surface area contributed by atoms with Gasteiger partial charge in [0.25, 0.3) is 0 Å². The zero-order valence-corrected chi connectivity index (χ0v) is 16.5. The van der Waals surface area contributed by atoms with Gasteiger partial charge >= 0.3 is 0 Å². The number of para-hydroxylation sites is 1. The predicted molar refractivity (Wildman–Crippen MR) is 112 cm³/mol. The largest absolute Gasteiger partial charge is 0.323 e. The highest BCUT2D eigenvalue weighted by atomic mass is 32.2. The van der Waals surface area contributed by atoms with Crippen molar-refractivity contribution in [1.29, 1.82) is 0 Å². The van der Waals surface area contributed by atoms with Gasteiger partial charge in [-0.25, -0.2) is 0 Å². The monoisotopic (exact) mass is 407 g/mol. The molecular weight excluding hydrogens is 390 g/mol.